The average molecular weight is 296 g/mol. The molecule has 1 aliphatic heterocycles. The van der Waals surface area contributed by atoms with Crippen molar-refractivity contribution in [2.75, 3.05) is 13.2 Å². The van der Waals surface area contributed by atoms with Gasteiger partial charge in [-0.2, -0.15) is 0 Å². The lowest BCUT2D eigenvalue weighted by Crippen LogP contribution is -2.18. The molecule has 0 fully saturated rings. The SMILES string of the molecule is O=[N+]([O-])c1cccc(C=NC[C@@H]2OCCc3ccccc32)c1. The van der Waals surface area contributed by atoms with Gasteiger partial charge in [0.25, 0.3) is 5.69 Å². The van der Waals surface area contributed by atoms with Gasteiger partial charge in [-0.15, -0.1) is 0 Å². The molecule has 0 radical (unpaired) electrons. The van der Waals surface area contributed by atoms with Crippen molar-refractivity contribution in [3.8, 4) is 0 Å². The van der Waals surface area contributed by atoms with Crippen molar-refractivity contribution in [1.82, 2.24) is 0 Å². The molecule has 5 heteroatoms. The van der Waals surface area contributed by atoms with Crippen LogP contribution in [0.1, 0.15) is 22.8 Å². The van der Waals surface area contributed by atoms with E-state index in [9.17, 15) is 10.1 Å². The summed E-state index contributed by atoms with van der Waals surface area (Å²) in [7, 11) is 0. The zero-order valence-corrected chi connectivity index (χ0v) is 12.0. The highest BCUT2D eigenvalue weighted by molar-refractivity contribution is 5.80. The molecule has 0 bridgehead atoms. The lowest BCUT2D eigenvalue weighted by Gasteiger charge is -2.24. The van der Waals surface area contributed by atoms with Gasteiger partial charge >= 0.3 is 0 Å². The third kappa shape index (κ3) is 3.20. The third-order valence-corrected chi connectivity index (χ3v) is 3.69. The quantitative estimate of drug-likeness (QED) is 0.494. The molecule has 1 heterocycles. The highest BCUT2D eigenvalue weighted by Gasteiger charge is 2.19. The largest absolute Gasteiger partial charge is 0.371 e. The maximum absolute atomic E-state index is 10.8. The van der Waals surface area contributed by atoms with E-state index in [-0.39, 0.29) is 11.8 Å². The summed E-state index contributed by atoms with van der Waals surface area (Å²) >= 11 is 0. The Labute approximate surface area is 128 Å². The predicted molar refractivity (Wildman–Crippen MR) is 84.4 cm³/mol. The highest BCUT2D eigenvalue weighted by Crippen LogP contribution is 2.27. The van der Waals surface area contributed by atoms with Gasteiger partial charge in [0.15, 0.2) is 0 Å². The maximum atomic E-state index is 10.8. The maximum Gasteiger partial charge on any atom is 0.270 e. The lowest BCUT2D eigenvalue weighted by molar-refractivity contribution is -0.384. The molecule has 0 aliphatic carbocycles. The first kappa shape index (κ1) is 14.4. The number of rotatable bonds is 4. The Morgan fingerprint density at radius 3 is 3.00 bits per heavy atom. The normalized spacial score (nSPS) is 17.4. The number of ether oxygens (including phenoxy) is 1. The molecular weight excluding hydrogens is 280 g/mol. The molecule has 22 heavy (non-hydrogen) atoms. The minimum absolute atomic E-state index is 0.0418. The second-order valence-electron chi connectivity index (χ2n) is 5.15. The summed E-state index contributed by atoms with van der Waals surface area (Å²) < 4.78 is 5.78. The summed E-state index contributed by atoms with van der Waals surface area (Å²) in [4.78, 5) is 14.7. The van der Waals surface area contributed by atoms with E-state index in [1.165, 1.54) is 23.3 Å². The summed E-state index contributed by atoms with van der Waals surface area (Å²) in [5, 5.41) is 10.8. The fourth-order valence-corrected chi connectivity index (χ4v) is 2.60. The lowest BCUT2D eigenvalue weighted by atomic mass is 9.98. The molecule has 0 saturated carbocycles. The second-order valence-corrected chi connectivity index (χ2v) is 5.15. The predicted octanol–water partition coefficient (Wildman–Crippen LogP) is 3.33. The van der Waals surface area contributed by atoms with Crippen molar-refractivity contribution in [2.24, 2.45) is 4.99 Å². The van der Waals surface area contributed by atoms with Gasteiger partial charge in [-0.1, -0.05) is 36.4 Å². The molecule has 112 valence electrons. The van der Waals surface area contributed by atoms with E-state index in [4.69, 9.17) is 4.74 Å². The van der Waals surface area contributed by atoms with Gasteiger partial charge in [0.2, 0.25) is 0 Å². The van der Waals surface area contributed by atoms with Gasteiger partial charge in [-0.05, 0) is 23.1 Å². The van der Waals surface area contributed by atoms with Gasteiger partial charge in [0, 0.05) is 18.3 Å². The number of aliphatic imine (C=N–C) groups is 1. The van der Waals surface area contributed by atoms with Crippen LogP contribution >= 0.6 is 0 Å². The first-order chi connectivity index (χ1) is 10.7. The van der Waals surface area contributed by atoms with Crippen LogP contribution in [-0.2, 0) is 11.2 Å². The molecule has 0 aromatic heterocycles. The van der Waals surface area contributed by atoms with Gasteiger partial charge in [-0.25, -0.2) is 0 Å². The van der Waals surface area contributed by atoms with E-state index in [2.05, 4.69) is 17.1 Å². The molecular formula is C17H16N2O3. The Kier molecular flexibility index (Phi) is 4.25. The molecule has 0 saturated heterocycles. The fraction of sp³-hybridized carbons (Fsp3) is 0.235. The number of nitrogens with zero attached hydrogens (tertiary/aromatic N) is 2. The molecule has 2 aromatic carbocycles. The van der Waals surface area contributed by atoms with Gasteiger partial charge in [0.05, 0.1) is 18.1 Å². The van der Waals surface area contributed by atoms with Crippen molar-refractivity contribution in [1.29, 1.82) is 0 Å². The van der Waals surface area contributed by atoms with Crippen LogP contribution in [0.25, 0.3) is 0 Å². The number of hydrogen-bond donors (Lipinski definition) is 0. The van der Waals surface area contributed by atoms with Crippen molar-refractivity contribution in [3.63, 3.8) is 0 Å². The smallest absolute Gasteiger partial charge is 0.270 e. The Hall–Kier alpha value is -2.53. The van der Waals surface area contributed by atoms with Crippen LogP contribution in [0, 0.1) is 10.1 Å². The third-order valence-electron chi connectivity index (χ3n) is 3.69. The minimum Gasteiger partial charge on any atom is -0.371 e. The van der Waals surface area contributed by atoms with Crippen LogP contribution in [0.3, 0.4) is 0 Å². The summed E-state index contributed by atoms with van der Waals surface area (Å²) in [5.74, 6) is 0. The van der Waals surface area contributed by atoms with Gasteiger partial charge in [-0.3, -0.25) is 15.1 Å². The standard InChI is InChI=1S/C17H16N2O3/c20-19(21)15-6-3-4-13(10-15)11-18-12-17-16-7-2-1-5-14(16)8-9-22-17/h1-7,10-11,17H,8-9,12H2/t17-/m0/s1. The zero-order chi connectivity index (χ0) is 15.4. The molecule has 3 rings (SSSR count). The monoisotopic (exact) mass is 296 g/mol. The molecule has 1 atom stereocenters. The van der Waals surface area contributed by atoms with E-state index in [1.807, 2.05) is 12.1 Å². The Morgan fingerprint density at radius 1 is 1.27 bits per heavy atom. The molecule has 0 N–H and O–H groups in total. The van der Waals surface area contributed by atoms with Crippen LogP contribution in [-0.4, -0.2) is 24.3 Å². The van der Waals surface area contributed by atoms with E-state index in [0.717, 1.165) is 12.0 Å². The van der Waals surface area contributed by atoms with Crippen LogP contribution in [0.2, 0.25) is 0 Å². The summed E-state index contributed by atoms with van der Waals surface area (Å²) in [6, 6.07) is 14.7. The zero-order valence-electron chi connectivity index (χ0n) is 12.0. The summed E-state index contributed by atoms with van der Waals surface area (Å²) in [6.45, 7) is 1.22. The number of hydrogen-bond acceptors (Lipinski definition) is 4. The van der Waals surface area contributed by atoms with Crippen molar-refractivity contribution in [3.05, 3.63) is 75.3 Å². The number of nitro benzene ring substituents is 1. The molecule has 0 spiro atoms. The van der Waals surface area contributed by atoms with Crippen molar-refractivity contribution >= 4 is 11.9 Å². The first-order valence-corrected chi connectivity index (χ1v) is 7.18. The second kappa shape index (κ2) is 6.49. The molecule has 0 unspecified atom stereocenters. The van der Waals surface area contributed by atoms with E-state index < -0.39 is 4.92 Å². The topological polar surface area (TPSA) is 64.7 Å². The molecule has 2 aromatic rings. The molecule has 1 aliphatic rings. The average Bonchev–Trinajstić information content (AvgIpc) is 2.55. The number of benzene rings is 2. The van der Waals surface area contributed by atoms with E-state index >= 15 is 0 Å². The summed E-state index contributed by atoms with van der Waals surface area (Å²) in [6.07, 6.45) is 2.55. The van der Waals surface area contributed by atoms with Gasteiger partial charge in [0.1, 0.15) is 6.10 Å². The van der Waals surface area contributed by atoms with Crippen molar-refractivity contribution in [2.45, 2.75) is 12.5 Å². The number of non-ortho nitro benzene ring substituents is 1. The number of fused-ring (bicyclic) bond motifs is 1. The molecule has 5 nitrogen and oxygen atoms in total. The van der Waals surface area contributed by atoms with E-state index in [0.29, 0.717) is 13.2 Å². The van der Waals surface area contributed by atoms with Crippen LogP contribution in [0.15, 0.2) is 53.5 Å². The van der Waals surface area contributed by atoms with Crippen molar-refractivity contribution < 1.29 is 9.66 Å². The fourth-order valence-electron chi connectivity index (χ4n) is 2.60. The van der Waals surface area contributed by atoms with E-state index in [1.54, 1.807) is 18.3 Å². The summed E-state index contributed by atoms with van der Waals surface area (Å²) in [5.41, 5.74) is 3.29. The highest BCUT2D eigenvalue weighted by atomic mass is 16.6. The molecule has 0 amide bonds. The van der Waals surface area contributed by atoms with Gasteiger partial charge < -0.3 is 4.74 Å². The number of nitro groups is 1. The minimum atomic E-state index is -0.405. The van der Waals surface area contributed by atoms with Crippen LogP contribution in [0.5, 0.6) is 0 Å². The van der Waals surface area contributed by atoms with Crippen LogP contribution in [0.4, 0.5) is 5.69 Å². The Balaban J connectivity index is 1.71. The Bertz CT molecular complexity index is 713. The first-order valence-electron chi connectivity index (χ1n) is 7.18. The Morgan fingerprint density at radius 2 is 2.14 bits per heavy atom. The van der Waals surface area contributed by atoms with Crippen LogP contribution < -0.4 is 0 Å².